The summed E-state index contributed by atoms with van der Waals surface area (Å²) in [6.07, 6.45) is -7.96. The quantitative estimate of drug-likeness (QED) is 0.108. The fraction of sp³-hybridized carbons (Fsp3) is 0.152. The van der Waals surface area contributed by atoms with Crippen molar-refractivity contribution in [2.45, 2.75) is 33.2 Å². The first-order chi connectivity index (χ1) is 27.3. The number of carbonyl (C=O) groups excluding carboxylic acids is 4. The van der Waals surface area contributed by atoms with Crippen LogP contribution in [0.4, 0.5) is 73.6 Å². The Kier molecular flexibility index (Phi) is 17.0. The number of halogens is 16. The van der Waals surface area contributed by atoms with Crippen molar-refractivity contribution in [1.82, 2.24) is 10.6 Å². The van der Waals surface area contributed by atoms with Gasteiger partial charge >= 0.3 is 35.4 Å². The van der Waals surface area contributed by atoms with Crippen molar-refractivity contribution in [2.75, 3.05) is 17.3 Å². The van der Waals surface area contributed by atoms with Crippen LogP contribution < -0.4 is 20.9 Å². The van der Waals surface area contributed by atoms with Gasteiger partial charge in [0.25, 0.3) is 11.8 Å². The summed E-state index contributed by atoms with van der Waals surface area (Å²) in [5.74, 6) is -7.57. The van der Waals surface area contributed by atoms with Crippen molar-refractivity contribution < 1.29 is 71.9 Å². The van der Waals surface area contributed by atoms with Gasteiger partial charge in [0.2, 0.25) is 0 Å². The van der Waals surface area contributed by atoms with E-state index in [1.165, 1.54) is 0 Å². The summed E-state index contributed by atoms with van der Waals surface area (Å²) >= 11 is 22.0. The number of imide groups is 2. The van der Waals surface area contributed by atoms with Crippen molar-refractivity contribution >= 4 is 105 Å². The number of alkyl halides is 8. The van der Waals surface area contributed by atoms with Gasteiger partial charge in [-0.3, -0.25) is 25.1 Å². The van der Waals surface area contributed by atoms with E-state index >= 15 is 0 Å². The van der Waals surface area contributed by atoms with Gasteiger partial charge in [-0.25, -0.2) is 44.7 Å². The minimum absolute atomic E-state index is 0.117. The van der Waals surface area contributed by atoms with Crippen LogP contribution in [-0.4, -0.2) is 54.3 Å². The Morgan fingerprint density at radius 2 is 0.949 bits per heavy atom. The van der Waals surface area contributed by atoms with Crippen molar-refractivity contribution in [1.29, 1.82) is 0 Å². The molecule has 0 aliphatic rings. The Bertz CT molecular complexity index is 2180. The molecule has 0 aliphatic carbocycles. The van der Waals surface area contributed by atoms with E-state index in [9.17, 15) is 71.9 Å². The fourth-order valence-corrected chi connectivity index (χ4v) is 6.82. The van der Waals surface area contributed by atoms with E-state index in [1.54, 1.807) is 10.6 Å². The predicted molar refractivity (Wildman–Crippen MR) is 197 cm³/mol. The van der Waals surface area contributed by atoms with Gasteiger partial charge in [-0.15, -0.1) is 0 Å². The monoisotopic (exact) mass is 966 g/mol. The standard InChI is InChI=1S/C17H10Cl2F6N2O2S.C16H8Cl2F6N2O2S/c1-27(16(29)26-14(28)12-10(20)3-2-4-11(12)21)7-5-8(18)13(9(19)6-7)30-17(24,25)15(22)23;17-7-4-6(5-8(18)12(7)29-16(23,24)14(21)22)25-15(28)26-13(27)11-9(19)2-1-3-10(11)20/h2-6,15H,1H3,(H,26,28,29);1-5,14H,(H2,25,26,27,28). The van der Waals surface area contributed by atoms with Crippen LogP contribution in [0.1, 0.15) is 20.7 Å². The highest BCUT2D eigenvalue weighted by molar-refractivity contribution is 8.00. The third-order valence-electron chi connectivity index (χ3n) is 6.74. The molecule has 4 aromatic rings. The third kappa shape index (κ3) is 12.9. The van der Waals surface area contributed by atoms with Gasteiger partial charge in [0.1, 0.15) is 34.4 Å². The average molecular weight is 968 g/mol. The van der Waals surface area contributed by atoms with Crippen LogP contribution >= 0.6 is 69.9 Å². The molecule has 0 atom stereocenters. The van der Waals surface area contributed by atoms with E-state index < -0.39 is 135 Å². The smallest absolute Gasteiger partial charge is 0.308 e. The van der Waals surface area contributed by atoms with E-state index in [2.05, 4.69) is 0 Å². The molecule has 26 heteroatoms. The number of nitrogens with zero attached hydrogens (tertiary/aromatic N) is 1. The van der Waals surface area contributed by atoms with Gasteiger partial charge in [-0.1, -0.05) is 58.5 Å². The van der Waals surface area contributed by atoms with Gasteiger partial charge in [0.15, 0.2) is 0 Å². The Labute approximate surface area is 351 Å². The SMILES string of the molecule is CN(C(=O)NC(=O)c1c(F)cccc1F)c1cc(Cl)c(SC(F)(F)C(F)F)c(Cl)c1.O=C(NC(=O)c1c(F)cccc1F)Nc1cc(Cl)c(SC(F)(F)C(F)F)c(Cl)c1. The Balaban J connectivity index is 0.000000316. The van der Waals surface area contributed by atoms with Crippen molar-refractivity contribution in [2.24, 2.45) is 0 Å². The van der Waals surface area contributed by atoms with E-state index in [1.807, 2.05) is 5.32 Å². The largest absolute Gasteiger partial charge is 0.357 e. The first kappa shape index (κ1) is 49.1. The Hall–Kier alpha value is -4.22. The minimum Gasteiger partial charge on any atom is -0.308 e. The molecule has 0 fully saturated rings. The molecular formula is C33H18Cl4F12N4O4S2. The molecule has 0 spiro atoms. The van der Waals surface area contributed by atoms with Crippen molar-refractivity contribution in [3.8, 4) is 0 Å². The highest BCUT2D eigenvalue weighted by atomic mass is 35.5. The molecule has 59 heavy (non-hydrogen) atoms. The van der Waals surface area contributed by atoms with Gasteiger partial charge < -0.3 is 5.32 Å². The number of amides is 6. The van der Waals surface area contributed by atoms with Crippen LogP contribution in [-0.2, 0) is 0 Å². The maximum absolute atomic E-state index is 13.6. The highest BCUT2D eigenvalue weighted by Gasteiger charge is 2.44. The number of benzene rings is 4. The second kappa shape index (κ2) is 20.4. The molecule has 0 radical (unpaired) electrons. The maximum Gasteiger partial charge on any atom is 0.357 e. The van der Waals surface area contributed by atoms with Gasteiger partial charge in [-0.05, 0) is 72.1 Å². The zero-order chi connectivity index (χ0) is 44.7. The molecule has 0 bridgehead atoms. The fourth-order valence-electron chi connectivity index (χ4n) is 4.05. The van der Waals surface area contributed by atoms with Crippen LogP contribution in [0.5, 0.6) is 0 Å². The lowest BCUT2D eigenvalue weighted by Gasteiger charge is -2.21. The normalized spacial score (nSPS) is 11.5. The molecule has 0 saturated carbocycles. The van der Waals surface area contributed by atoms with Gasteiger partial charge in [0, 0.05) is 18.4 Å². The van der Waals surface area contributed by atoms with Crippen LogP contribution in [0.2, 0.25) is 20.1 Å². The van der Waals surface area contributed by atoms with Crippen molar-refractivity contribution in [3.05, 3.63) is 115 Å². The summed E-state index contributed by atoms with van der Waals surface area (Å²) in [5.41, 5.74) is -2.31. The molecule has 4 aromatic carbocycles. The number of anilines is 2. The summed E-state index contributed by atoms with van der Waals surface area (Å²) in [4.78, 5) is 47.5. The zero-order valence-corrected chi connectivity index (χ0v) is 33.0. The molecule has 0 heterocycles. The van der Waals surface area contributed by atoms with Crippen LogP contribution in [0, 0.1) is 23.3 Å². The molecule has 0 unspecified atom stereocenters. The molecule has 4 rings (SSSR count). The maximum atomic E-state index is 13.6. The Morgan fingerprint density at radius 3 is 1.31 bits per heavy atom. The molecule has 0 aliphatic heterocycles. The molecule has 8 nitrogen and oxygen atoms in total. The number of hydrogen-bond donors (Lipinski definition) is 3. The molecule has 6 amide bonds. The van der Waals surface area contributed by atoms with E-state index in [-0.39, 0.29) is 11.4 Å². The molecule has 318 valence electrons. The topological polar surface area (TPSA) is 108 Å². The highest BCUT2D eigenvalue weighted by Crippen LogP contribution is 2.48. The second-order valence-electron chi connectivity index (χ2n) is 10.9. The number of hydrogen-bond acceptors (Lipinski definition) is 6. The molecule has 3 N–H and O–H groups in total. The van der Waals surface area contributed by atoms with E-state index in [4.69, 9.17) is 46.4 Å². The summed E-state index contributed by atoms with van der Waals surface area (Å²) in [7, 11) is 1.11. The second-order valence-corrected chi connectivity index (χ2v) is 14.8. The summed E-state index contributed by atoms with van der Waals surface area (Å²) < 4.78 is 157. The molecule has 0 saturated heterocycles. The van der Waals surface area contributed by atoms with Crippen LogP contribution in [0.25, 0.3) is 0 Å². The summed E-state index contributed by atoms with van der Waals surface area (Å²) in [6.45, 7) is 0. The number of carbonyl (C=O) groups is 4. The number of nitrogens with one attached hydrogen (secondary N) is 3. The minimum atomic E-state index is -4.46. The zero-order valence-electron chi connectivity index (χ0n) is 28.4. The lowest BCUT2D eigenvalue weighted by Crippen LogP contribution is -2.41. The summed E-state index contributed by atoms with van der Waals surface area (Å²) in [6, 6.07) is 6.62. The lowest BCUT2D eigenvalue weighted by molar-refractivity contribution is -0.0563. The predicted octanol–water partition coefficient (Wildman–Crippen LogP) is 12.4. The number of rotatable bonds is 10. The number of urea groups is 2. The van der Waals surface area contributed by atoms with Crippen LogP contribution in [0.15, 0.2) is 70.5 Å². The average Bonchev–Trinajstić information content (AvgIpc) is 3.11. The first-order valence-corrected chi connectivity index (χ1v) is 18.2. The van der Waals surface area contributed by atoms with Crippen LogP contribution in [0.3, 0.4) is 0 Å². The molecule has 0 aromatic heterocycles. The van der Waals surface area contributed by atoms with Gasteiger partial charge in [-0.2, -0.15) is 17.6 Å². The van der Waals surface area contributed by atoms with E-state index in [0.29, 0.717) is 0 Å². The Morgan fingerprint density at radius 1 is 0.610 bits per heavy atom. The van der Waals surface area contributed by atoms with Gasteiger partial charge in [0.05, 0.1) is 29.9 Å². The first-order valence-electron chi connectivity index (χ1n) is 15.0. The molecular weight excluding hydrogens is 950 g/mol. The third-order valence-corrected chi connectivity index (χ3v) is 10.6. The number of thioether (sulfide) groups is 2. The van der Waals surface area contributed by atoms with Crippen molar-refractivity contribution in [3.63, 3.8) is 0 Å². The summed E-state index contributed by atoms with van der Waals surface area (Å²) in [5, 5.41) is -5.38. The lowest BCUT2D eigenvalue weighted by atomic mass is 10.2. The van der Waals surface area contributed by atoms with E-state index in [0.717, 1.165) is 72.6 Å².